The Labute approximate surface area is 135 Å². The molecule has 6 nitrogen and oxygen atoms in total. The summed E-state index contributed by atoms with van der Waals surface area (Å²) in [6.07, 6.45) is 4.16. The molecule has 1 atom stereocenters. The van der Waals surface area contributed by atoms with Crippen LogP contribution in [0.5, 0.6) is 5.75 Å². The molecule has 23 heavy (non-hydrogen) atoms. The summed E-state index contributed by atoms with van der Waals surface area (Å²) in [5, 5.41) is 7.28. The number of nitrogens with zero attached hydrogens (tertiary/aromatic N) is 2. The van der Waals surface area contributed by atoms with Gasteiger partial charge < -0.3 is 19.1 Å². The van der Waals surface area contributed by atoms with Crippen LogP contribution in [0.4, 0.5) is 0 Å². The summed E-state index contributed by atoms with van der Waals surface area (Å²) >= 11 is 0. The van der Waals surface area contributed by atoms with Crippen molar-refractivity contribution >= 4 is 0 Å². The second-order valence-corrected chi connectivity index (χ2v) is 6.13. The average molecular weight is 317 g/mol. The quantitative estimate of drug-likeness (QED) is 0.914. The van der Waals surface area contributed by atoms with Gasteiger partial charge in [0.25, 0.3) is 5.56 Å². The Kier molecular flexibility index (Phi) is 4.81. The standard InChI is InChI=1S/C17H23N3O3/c1-12-15(13(2)23-19-12)11-22-16-6-4-8-20(17(16)21)10-14-5-3-7-18-9-14/h4,6,8,14,18H,3,5,7,9-11H2,1-2H3. The number of ether oxygens (including phenoxy) is 1. The van der Waals surface area contributed by atoms with Crippen LogP contribution in [0.25, 0.3) is 0 Å². The first-order valence-corrected chi connectivity index (χ1v) is 8.10. The predicted molar refractivity (Wildman–Crippen MR) is 86.6 cm³/mol. The Morgan fingerprint density at radius 2 is 2.35 bits per heavy atom. The summed E-state index contributed by atoms with van der Waals surface area (Å²) in [4.78, 5) is 12.6. The van der Waals surface area contributed by atoms with E-state index < -0.39 is 0 Å². The number of hydrogen-bond donors (Lipinski definition) is 1. The number of piperidine rings is 1. The number of hydrogen-bond acceptors (Lipinski definition) is 5. The van der Waals surface area contributed by atoms with Crippen LogP contribution < -0.4 is 15.6 Å². The van der Waals surface area contributed by atoms with Crippen LogP contribution in [-0.4, -0.2) is 22.8 Å². The number of rotatable bonds is 5. The molecule has 0 spiro atoms. The second-order valence-electron chi connectivity index (χ2n) is 6.13. The van der Waals surface area contributed by atoms with E-state index in [0.29, 0.717) is 18.3 Å². The largest absolute Gasteiger partial charge is 0.483 e. The van der Waals surface area contributed by atoms with E-state index in [0.717, 1.165) is 43.1 Å². The Balaban J connectivity index is 1.70. The highest BCUT2D eigenvalue weighted by Crippen LogP contribution is 2.16. The van der Waals surface area contributed by atoms with Gasteiger partial charge in [0.2, 0.25) is 0 Å². The Hall–Kier alpha value is -2.08. The molecule has 1 N–H and O–H groups in total. The fraction of sp³-hybridized carbons (Fsp3) is 0.529. The van der Waals surface area contributed by atoms with Crippen molar-refractivity contribution in [2.75, 3.05) is 13.1 Å². The van der Waals surface area contributed by atoms with E-state index in [1.165, 1.54) is 6.42 Å². The SMILES string of the molecule is Cc1noc(C)c1COc1cccn(CC2CCCNC2)c1=O. The first kappa shape index (κ1) is 15.8. The summed E-state index contributed by atoms with van der Waals surface area (Å²) in [6.45, 7) is 6.79. The van der Waals surface area contributed by atoms with Crippen molar-refractivity contribution in [3.63, 3.8) is 0 Å². The molecule has 6 heteroatoms. The van der Waals surface area contributed by atoms with Crippen LogP contribution in [-0.2, 0) is 13.2 Å². The van der Waals surface area contributed by atoms with Crippen molar-refractivity contribution in [1.29, 1.82) is 0 Å². The molecule has 1 saturated heterocycles. The molecule has 0 radical (unpaired) electrons. The molecule has 1 unspecified atom stereocenters. The molecule has 0 saturated carbocycles. The van der Waals surface area contributed by atoms with Crippen molar-refractivity contribution in [1.82, 2.24) is 15.0 Å². The molecule has 3 rings (SSSR count). The van der Waals surface area contributed by atoms with E-state index in [1.54, 1.807) is 10.6 Å². The molecule has 1 fully saturated rings. The predicted octanol–water partition coefficient (Wildman–Crippen LogP) is 2.03. The van der Waals surface area contributed by atoms with Gasteiger partial charge in [-0.25, -0.2) is 0 Å². The summed E-state index contributed by atoms with van der Waals surface area (Å²) in [7, 11) is 0. The van der Waals surface area contributed by atoms with Crippen molar-refractivity contribution in [3.8, 4) is 5.75 Å². The summed E-state index contributed by atoms with van der Waals surface area (Å²) < 4.78 is 12.6. The van der Waals surface area contributed by atoms with Crippen molar-refractivity contribution < 1.29 is 9.26 Å². The van der Waals surface area contributed by atoms with Gasteiger partial charge in [-0.15, -0.1) is 0 Å². The maximum absolute atomic E-state index is 12.6. The first-order valence-electron chi connectivity index (χ1n) is 8.10. The molecule has 0 aromatic carbocycles. The van der Waals surface area contributed by atoms with Gasteiger partial charge in [0, 0.05) is 12.7 Å². The van der Waals surface area contributed by atoms with Gasteiger partial charge in [0.15, 0.2) is 5.75 Å². The lowest BCUT2D eigenvalue weighted by Crippen LogP contribution is -2.34. The van der Waals surface area contributed by atoms with E-state index in [2.05, 4.69) is 10.5 Å². The van der Waals surface area contributed by atoms with Gasteiger partial charge in [-0.3, -0.25) is 4.79 Å². The molecular formula is C17H23N3O3. The highest BCUT2D eigenvalue weighted by atomic mass is 16.5. The first-order chi connectivity index (χ1) is 11.1. The Morgan fingerprint density at radius 1 is 1.48 bits per heavy atom. The van der Waals surface area contributed by atoms with E-state index in [4.69, 9.17) is 9.26 Å². The monoisotopic (exact) mass is 317 g/mol. The lowest BCUT2D eigenvalue weighted by molar-refractivity contribution is 0.289. The molecular weight excluding hydrogens is 294 g/mol. The Morgan fingerprint density at radius 3 is 3.04 bits per heavy atom. The van der Waals surface area contributed by atoms with Gasteiger partial charge in [-0.05, 0) is 57.8 Å². The van der Waals surface area contributed by atoms with Crippen LogP contribution in [0.3, 0.4) is 0 Å². The fourth-order valence-corrected chi connectivity index (χ4v) is 2.98. The van der Waals surface area contributed by atoms with E-state index in [1.807, 2.05) is 26.1 Å². The maximum Gasteiger partial charge on any atom is 0.292 e. The minimum atomic E-state index is -0.0789. The third kappa shape index (κ3) is 3.64. The van der Waals surface area contributed by atoms with E-state index >= 15 is 0 Å². The topological polar surface area (TPSA) is 69.3 Å². The third-order valence-corrected chi connectivity index (χ3v) is 4.39. The van der Waals surface area contributed by atoms with Crippen molar-refractivity contribution in [2.45, 2.75) is 39.8 Å². The molecule has 124 valence electrons. The summed E-state index contributed by atoms with van der Waals surface area (Å²) in [6, 6.07) is 3.58. The number of nitrogens with one attached hydrogen (secondary N) is 1. The molecule has 0 aliphatic carbocycles. The smallest absolute Gasteiger partial charge is 0.292 e. The molecule has 2 aromatic rings. The third-order valence-electron chi connectivity index (χ3n) is 4.39. The zero-order chi connectivity index (χ0) is 16.2. The average Bonchev–Trinajstić information content (AvgIpc) is 2.88. The van der Waals surface area contributed by atoms with Crippen molar-refractivity contribution in [3.05, 3.63) is 45.7 Å². The van der Waals surface area contributed by atoms with E-state index in [-0.39, 0.29) is 5.56 Å². The molecule has 1 aliphatic rings. The molecule has 2 aromatic heterocycles. The van der Waals surface area contributed by atoms with Gasteiger partial charge in [0.05, 0.1) is 11.3 Å². The Bertz CT molecular complexity index is 695. The summed E-state index contributed by atoms with van der Waals surface area (Å²) in [5.41, 5.74) is 1.62. The highest BCUT2D eigenvalue weighted by Gasteiger charge is 2.16. The normalized spacial score (nSPS) is 18.1. The maximum atomic E-state index is 12.6. The second kappa shape index (κ2) is 7.00. The molecule has 0 amide bonds. The lowest BCUT2D eigenvalue weighted by Gasteiger charge is -2.23. The van der Waals surface area contributed by atoms with Crippen LogP contribution in [0, 0.1) is 19.8 Å². The van der Waals surface area contributed by atoms with Gasteiger partial charge in [0.1, 0.15) is 12.4 Å². The van der Waals surface area contributed by atoms with Crippen LogP contribution in [0.2, 0.25) is 0 Å². The van der Waals surface area contributed by atoms with E-state index in [9.17, 15) is 4.79 Å². The zero-order valence-electron chi connectivity index (χ0n) is 13.7. The number of aryl methyl sites for hydroxylation is 2. The lowest BCUT2D eigenvalue weighted by atomic mass is 10.00. The number of pyridine rings is 1. The zero-order valence-corrected chi connectivity index (χ0v) is 13.7. The number of aromatic nitrogens is 2. The minimum absolute atomic E-state index is 0.0789. The van der Waals surface area contributed by atoms with Crippen LogP contribution >= 0.6 is 0 Å². The highest BCUT2D eigenvalue weighted by molar-refractivity contribution is 5.22. The fourth-order valence-electron chi connectivity index (χ4n) is 2.98. The van der Waals surface area contributed by atoms with Crippen LogP contribution in [0.15, 0.2) is 27.6 Å². The molecule has 1 aliphatic heterocycles. The molecule has 0 bridgehead atoms. The van der Waals surface area contributed by atoms with Gasteiger partial charge in [-0.1, -0.05) is 5.16 Å². The minimum Gasteiger partial charge on any atom is -0.483 e. The van der Waals surface area contributed by atoms with Crippen LogP contribution in [0.1, 0.15) is 29.9 Å². The van der Waals surface area contributed by atoms with Gasteiger partial charge >= 0.3 is 0 Å². The summed E-state index contributed by atoms with van der Waals surface area (Å²) in [5.74, 6) is 1.60. The molecule has 3 heterocycles. The van der Waals surface area contributed by atoms with Crippen molar-refractivity contribution in [2.24, 2.45) is 5.92 Å². The van der Waals surface area contributed by atoms with Gasteiger partial charge in [-0.2, -0.15) is 0 Å².